The Morgan fingerprint density at radius 3 is 2.63 bits per heavy atom. The number of nitrogens with one attached hydrogen (secondary N) is 1. The smallest absolute Gasteiger partial charge is 0.230 e. The standard InChI is InChI=1S/C20H21N3O3S/c1-25-17-9-7-16(8-10-17)23-12-11-21-20(23)27-14-19(24)22-13-15-5-3-4-6-18(15)26-2/h3-12H,13-14H2,1-2H3,(H,22,24). The van der Waals surface area contributed by atoms with E-state index in [-0.39, 0.29) is 11.7 Å². The minimum Gasteiger partial charge on any atom is -0.497 e. The van der Waals surface area contributed by atoms with Crippen LogP contribution >= 0.6 is 11.8 Å². The summed E-state index contributed by atoms with van der Waals surface area (Å²) in [5, 5.41) is 3.67. The zero-order chi connectivity index (χ0) is 19.1. The number of benzene rings is 2. The van der Waals surface area contributed by atoms with Crippen molar-refractivity contribution in [2.75, 3.05) is 20.0 Å². The zero-order valence-electron chi connectivity index (χ0n) is 15.2. The number of amides is 1. The molecule has 7 heteroatoms. The number of carbonyl (C=O) groups is 1. The first kappa shape index (κ1) is 18.8. The molecule has 2 aromatic carbocycles. The molecule has 1 amide bonds. The summed E-state index contributed by atoms with van der Waals surface area (Å²) in [4.78, 5) is 16.6. The number of rotatable bonds is 8. The predicted octanol–water partition coefficient (Wildman–Crippen LogP) is 3.30. The molecule has 0 bridgehead atoms. The predicted molar refractivity (Wildman–Crippen MR) is 106 cm³/mol. The Kier molecular flexibility index (Phi) is 6.38. The van der Waals surface area contributed by atoms with E-state index in [9.17, 15) is 4.79 Å². The van der Waals surface area contributed by atoms with Crippen molar-refractivity contribution in [3.8, 4) is 17.2 Å². The average molecular weight is 383 g/mol. The molecule has 1 aromatic heterocycles. The van der Waals surface area contributed by atoms with Crippen LogP contribution in [0.3, 0.4) is 0 Å². The van der Waals surface area contributed by atoms with Gasteiger partial charge >= 0.3 is 0 Å². The monoisotopic (exact) mass is 383 g/mol. The van der Waals surface area contributed by atoms with Gasteiger partial charge in [-0.2, -0.15) is 0 Å². The summed E-state index contributed by atoms with van der Waals surface area (Å²) in [6.45, 7) is 0.427. The van der Waals surface area contributed by atoms with Gasteiger partial charge in [-0.1, -0.05) is 30.0 Å². The number of thioether (sulfide) groups is 1. The number of ether oxygens (including phenoxy) is 2. The molecule has 0 aliphatic heterocycles. The Hall–Kier alpha value is -2.93. The molecule has 0 aliphatic rings. The maximum Gasteiger partial charge on any atom is 0.230 e. The van der Waals surface area contributed by atoms with Crippen LogP contribution in [0.5, 0.6) is 11.5 Å². The van der Waals surface area contributed by atoms with E-state index in [0.717, 1.165) is 27.9 Å². The Labute approximate surface area is 162 Å². The van der Waals surface area contributed by atoms with Gasteiger partial charge in [0.15, 0.2) is 5.16 Å². The molecule has 1 heterocycles. The van der Waals surface area contributed by atoms with E-state index in [4.69, 9.17) is 9.47 Å². The maximum atomic E-state index is 12.2. The Morgan fingerprint density at radius 2 is 1.89 bits per heavy atom. The van der Waals surface area contributed by atoms with Crippen molar-refractivity contribution in [1.82, 2.24) is 14.9 Å². The molecule has 3 rings (SSSR count). The molecule has 6 nitrogen and oxygen atoms in total. The van der Waals surface area contributed by atoms with Gasteiger partial charge < -0.3 is 14.8 Å². The highest BCUT2D eigenvalue weighted by Gasteiger charge is 2.10. The number of nitrogens with zero attached hydrogens (tertiary/aromatic N) is 2. The molecular weight excluding hydrogens is 362 g/mol. The van der Waals surface area contributed by atoms with Crippen LogP contribution in [0.25, 0.3) is 5.69 Å². The van der Waals surface area contributed by atoms with E-state index in [0.29, 0.717) is 6.54 Å². The van der Waals surface area contributed by atoms with Crippen molar-refractivity contribution in [3.63, 3.8) is 0 Å². The summed E-state index contributed by atoms with van der Waals surface area (Å²) < 4.78 is 12.4. The summed E-state index contributed by atoms with van der Waals surface area (Å²) in [5.74, 6) is 1.78. The van der Waals surface area contributed by atoms with Crippen LogP contribution in [0.15, 0.2) is 66.1 Å². The number of carbonyl (C=O) groups excluding carboxylic acids is 1. The molecular formula is C20H21N3O3S. The molecule has 0 saturated heterocycles. The van der Waals surface area contributed by atoms with Crippen LogP contribution in [-0.4, -0.2) is 35.4 Å². The third-order valence-electron chi connectivity index (χ3n) is 3.96. The maximum absolute atomic E-state index is 12.2. The van der Waals surface area contributed by atoms with E-state index < -0.39 is 0 Å². The number of para-hydroxylation sites is 1. The van der Waals surface area contributed by atoms with Crippen LogP contribution < -0.4 is 14.8 Å². The van der Waals surface area contributed by atoms with Crippen LogP contribution in [-0.2, 0) is 11.3 Å². The van der Waals surface area contributed by atoms with Crippen molar-refractivity contribution in [2.24, 2.45) is 0 Å². The van der Waals surface area contributed by atoms with Gasteiger partial charge in [0.2, 0.25) is 5.91 Å². The van der Waals surface area contributed by atoms with E-state index >= 15 is 0 Å². The molecule has 1 N–H and O–H groups in total. The van der Waals surface area contributed by atoms with Gasteiger partial charge in [-0.3, -0.25) is 9.36 Å². The molecule has 0 unspecified atom stereocenters. The highest BCUT2D eigenvalue weighted by atomic mass is 32.2. The fourth-order valence-corrected chi connectivity index (χ4v) is 3.36. The van der Waals surface area contributed by atoms with E-state index in [1.807, 2.05) is 59.3 Å². The first-order chi connectivity index (χ1) is 13.2. The zero-order valence-corrected chi connectivity index (χ0v) is 16.0. The van der Waals surface area contributed by atoms with Gasteiger partial charge in [0.05, 0.1) is 20.0 Å². The largest absolute Gasteiger partial charge is 0.497 e. The molecule has 27 heavy (non-hydrogen) atoms. The number of imidazole rings is 1. The van der Waals surface area contributed by atoms with Crippen molar-refractivity contribution < 1.29 is 14.3 Å². The van der Waals surface area contributed by atoms with Crippen molar-refractivity contribution in [2.45, 2.75) is 11.7 Å². The third kappa shape index (κ3) is 4.83. The third-order valence-corrected chi connectivity index (χ3v) is 4.93. The van der Waals surface area contributed by atoms with Gasteiger partial charge in [-0.05, 0) is 30.3 Å². The van der Waals surface area contributed by atoms with E-state index in [2.05, 4.69) is 10.3 Å². The Balaban J connectivity index is 1.57. The van der Waals surface area contributed by atoms with E-state index in [1.165, 1.54) is 11.8 Å². The summed E-state index contributed by atoms with van der Waals surface area (Å²) in [6.07, 6.45) is 3.59. The highest BCUT2D eigenvalue weighted by Crippen LogP contribution is 2.22. The van der Waals surface area contributed by atoms with Gasteiger partial charge in [0.25, 0.3) is 0 Å². The molecule has 0 fully saturated rings. The van der Waals surface area contributed by atoms with Crippen molar-refractivity contribution in [3.05, 3.63) is 66.5 Å². The van der Waals surface area contributed by atoms with Crippen LogP contribution in [0.4, 0.5) is 0 Å². The minimum absolute atomic E-state index is 0.0600. The Bertz CT molecular complexity index is 893. The normalized spacial score (nSPS) is 10.4. The minimum atomic E-state index is -0.0600. The number of hydrogen-bond donors (Lipinski definition) is 1. The van der Waals surface area contributed by atoms with Gasteiger partial charge in [0, 0.05) is 30.2 Å². The molecule has 0 aliphatic carbocycles. The summed E-state index contributed by atoms with van der Waals surface area (Å²) >= 11 is 1.39. The van der Waals surface area contributed by atoms with Crippen LogP contribution in [0, 0.1) is 0 Å². The topological polar surface area (TPSA) is 65.4 Å². The average Bonchev–Trinajstić information content (AvgIpc) is 3.19. The molecule has 0 radical (unpaired) electrons. The summed E-state index contributed by atoms with van der Waals surface area (Å²) in [6, 6.07) is 15.3. The van der Waals surface area contributed by atoms with Gasteiger partial charge in [-0.15, -0.1) is 0 Å². The number of hydrogen-bond acceptors (Lipinski definition) is 5. The lowest BCUT2D eigenvalue weighted by Crippen LogP contribution is -2.25. The summed E-state index contributed by atoms with van der Waals surface area (Å²) in [5.41, 5.74) is 1.91. The fraction of sp³-hybridized carbons (Fsp3) is 0.200. The van der Waals surface area contributed by atoms with Crippen LogP contribution in [0.2, 0.25) is 0 Å². The lowest BCUT2D eigenvalue weighted by Gasteiger charge is -2.10. The van der Waals surface area contributed by atoms with Gasteiger partial charge in [0.1, 0.15) is 11.5 Å². The molecule has 0 atom stereocenters. The lowest BCUT2D eigenvalue weighted by molar-refractivity contribution is -0.118. The second-order valence-corrected chi connectivity index (χ2v) is 6.60. The van der Waals surface area contributed by atoms with Crippen molar-refractivity contribution >= 4 is 17.7 Å². The summed E-state index contributed by atoms with van der Waals surface area (Å²) in [7, 11) is 3.26. The first-order valence-electron chi connectivity index (χ1n) is 8.40. The Morgan fingerprint density at radius 1 is 1.11 bits per heavy atom. The lowest BCUT2D eigenvalue weighted by atomic mass is 10.2. The molecule has 0 saturated carbocycles. The van der Waals surface area contributed by atoms with Gasteiger partial charge in [-0.25, -0.2) is 4.98 Å². The highest BCUT2D eigenvalue weighted by molar-refractivity contribution is 7.99. The second-order valence-electron chi connectivity index (χ2n) is 5.66. The number of methoxy groups -OCH3 is 2. The molecule has 140 valence electrons. The SMILES string of the molecule is COc1ccc(-n2ccnc2SCC(=O)NCc2ccccc2OC)cc1. The second kappa shape index (κ2) is 9.14. The number of aromatic nitrogens is 2. The van der Waals surface area contributed by atoms with Crippen LogP contribution in [0.1, 0.15) is 5.56 Å². The molecule has 3 aromatic rings. The fourth-order valence-electron chi connectivity index (χ4n) is 2.56. The van der Waals surface area contributed by atoms with E-state index in [1.54, 1.807) is 20.4 Å². The van der Waals surface area contributed by atoms with Crippen molar-refractivity contribution in [1.29, 1.82) is 0 Å². The molecule has 0 spiro atoms. The first-order valence-corrected chi connectivity index (χ1v) is 9.39. The quantitative estimate of drug-likeness (QED) is 0.605.